The molecule has 0 atom stereocenters. The Morgan fingerprint density at radius 1 is 0.947 bits per heavy atom. The van der Waals surface area contributed by atoms with E-state index in [-0.39, 0.29) is 0 Å². The first kappa shape index (κ1) is 13.4. The van der Waals surface area contributed by atoms with Crippen molar-refractivity contribution in [1.29, 1.82) is 0 Å². The average Bonchev–Trinajstić information content (AvgIpc) is 2.96. The van der Waals surface area contributed by atoms with Crippen LogP contribution in [0.15, 0.2) is 24.3 Å². The van der Waals surface area contributed by atoms with Crippen molar-refractivity contribution in [2.24, 2.45) is 0 Å². The van der Waals surface area contributed by atoms with Crippen LogP contribution in [0.25, 0.3) is 0 Å². The maximum absolute atomic E-state index is 5.94. The summed E-state index contributed by atoms with van der Waals surface area (Å²) in [4.78, 5) is 3.63. The van der Waals surface area contributed by atoms with Gasteiger partial charge in [-0.3, -0.25) is 0 Å². The second-order valence-electron chi connectivity index (χ2n) is 6.19. The molecule has 19 heavy (non-hydrogen) atoms. The van der Waals surface area contributed by atoms with E-state index in [0.29, 0.717) is 0 Å². The van der Waals surface area contributed by atoms with E-state index in [1.54, 1.807) is 4.90 Å². The first-order valence-electron chi connectivity index (χ1n) is 7.74. The Bertz CT molecular complexity index is 390. The van der Waals surface area contributed by atoms with E-state index < -0.39 is 0 Å². The van der Waals surface area contributed by atoms with Crippen molar-refractivity contribution in [2.45, 2.75) is 38.3 Å². The fourth-order valence-corrected chi connectivity index (χ4v) is 3.86. The van der Waals surface area contributed by atoms with E-state index in [4.69, 9.17) is 11.6 Å². The van der Waals surface area contributed by atoms with Crippen molar-refractivity contribution in [1.82, 2.24) is 0 Å². The van der Waals surface area contributed by atoms with Gasteiger partial charge in [0.15, 0.2) is 0 Å². The second-order valence-corrected chi connectivity index (χ2v) is 6.63. The molecule has 0 bridgehead atoms. The molecule has 2 fully saturated rings. The molecule has 1 aromatic carbocycles. The molecule has 0 amide bonds. The Labute approximate surface area is 121 Å². The molecule has 1 aliphatic carbocycles. The minimum Gasteiger partial charge on any atom is -0.323 e. The predicted molar refractivity (Wildman–Crippen MR) is 78.8 cm³/mol. The van der Waals surface area contributed by atoms with Crippen molar-refractivity contribution in [3.63, 3.8) is 0 Å². The molecule has 2 N–H and O–H groups in total. The highest BCUT2D eigenvalue weighted by molar-refractivity contribution is 6.30. The summed E-state index contributed by atoms with van der Waals surface area (Å²) in [5.41, 5.74) is 1.42. The van der Waals surface area contributed by atoms with Crippen molar-refractivity contribution in [3.8, 4) is 0 Å². The number of hydrogen-bond acceptors (Lipinski definition) is 0. The minimum absolute atomic E-state index is 0.842. The fraction of sp³-hybridized carbons (Fsp3) is 0.625. The monoisotopic (exact) mass is 280 g/mol. The van der Waals surface area contributed by atoms with Crippen LogP contribution in [0.1, 0.15) is 31.2 Å². The van der Waals surface area contributed by atoms with Gasteiger partial charge in [-0.25, -0.2) is 0 Å². The lowest BCUT2D eigenvalue weighted by Gasteiger charge is -2.33. The number of hydrogen-bond donors (Lipinski definition) is 2. The van der Waals surface area contributed by atoms with Gasteiger partial charge >= 0.3 is 0 Å². The number of benzene rings is 1. The Morgan fingerprint density at radius 3 is 2.21 bits per heavy atom. The first-order chi connectivity index (χ1) is 9.31. The van der Waals surface area contributed by atoms with Gasteiger partial charge in [-0.05, 0) is 37.8 Å². The van der Waals surface area contributed by atoms with E-state index in [2.05, 4.69) is 12.1 Å². The molecule has 1 heterocycles. The van der Waals surface area contributed by atoms with Gasteiger partial charge < -0.3 is 9.80 Å². The van der Waals surface area contributed by atoms with Crippen LogP contribution in [0.3, 0.4) is 0 Å². The summed E-state index contributed by atoms with van der Waals surface area (Å²) in [6, 6.07) is 9.35. The molecule has 0 radical (unpaired) electrons. The molecule has 1 saturated heterocycles. The molecule has 1 saturated carbocycles. The van der Waals surface area contributed by atoms with Crippen molar-refractivity contribution < 1.29 is 9.80 Å². The lowest BCUT2D eigenvalue weighted by atomic mass is 10.1. The van der Waals surface area contributed by atoms with Gasteiger partial charge in [0.2, 0.25) is 0 Å². The summed E-state index contributed by atoms with van der Waals surface area (Å²) in [6.07, 6.45) is 5.88. The third kappa shape index (κ3) is 3.50. The van der Waals surface area contributed by atoms with Crippen LogP contribution in [0, 0.1) is 0 Å². The van der Waals surface area contributed by atoms with Crippen LogP contribution in [-0.2, 0) is 6.54 Å². The van der Waals surface area contributed by atoms with Gasteiger partial charge in [0.05, 0.1) is 6.04 Å². The van der Waals surface area contributed by atoms with E-state index in [1.807, 2.05) is 17.0 Å². The lowest BCUT2D eigenvalue weighted by Crippen LogP contribution is -3.29. The maximum atomic E-state index is 5.94. The average molecular weight is 281 g/mol. The van der Waals surface area contributed by atoms with Crippen LogP contribution >= 0.6 is 11.6 Å². The molecule has 104 valence electrons. The molecule has 0 spiro atoms. The maximum Gasteiger partial charge on any atom is 0.127 e. The number of quaternary nitrogens is 2. The topological polar surface area (TPSA) is 8.88 Å². The highest BCUT2D eigenvalue weighted by atomic mass is 35.5. The number of halogens is 1. The second kappa shape index (κ2) is 6.25. The Hall–Kier alpha value is -0.570. The quantitative estimate of drug-likeness (QED) is 0.801. The van der Waals surface area contributed by atoms with E-state index in [1.165, 1.54) is 57.4 Å². The number of piperazine rings is 1. The van der Waals surface area contributed by atoms with Crippen LogP contribution in [0.2, 0.25) is 5.02 Å². The molecular weight excluding hydrogens is 256 g/mol. The van der Waals surface area contributed by atoms with Gasteiger partial charge in [0.1, 0.15) is 32.7 Å². The predicted octanol–water partition coefficient (Wildman–Crippen LogP) is 0.566. The van der Waals surface area contributed by atoms with Gasteiger partial charge in [-0.2, -0.15) is 0 Å². The van der Waals surface area contributed by atoms with Crippen molar-refractivity contribution >= 4 is 11.6 Å². The Balaban J connectivity index is 1.48. The summed E-state index contributed by atoms with van der Waals surface area (Å²) in [5, 5.41) is 0.842. The van der Waals surface area contributed by atoms with Gasteiger partial charge in [-0.15, -0.1) is 0 Å². The standard InChI is InChI=1S/C16H23ClN2/c17-15-7-5-14(6-8-15)13-18-9-11-19(12-10-18)16-3-1-2-4-16/h5-8,16H,1-4,9-13H2/p+2. The summed E-state index contributed by atoms with van der Waals surface area (Å²) in [7, 11) is 0. The lowest BCUT2D eigenvalue weighted by molar-refractivity contribution is -1.03. The molecule has 1 aromatic rings. The largest absolute Gasteiger partial charge is 0.323 e. The normalized spacial score (nSPS) is 28.7. The molecule has 1 aliphatic heterocycles. The zero-order chi connectivity index (χ0) is 13.1. The molecule has 0 unspecified atom stereocenters. The smallest absolute Gasteiger partial charge is 0.127 e. The summed E-state index contributed by atoms with van der Waals surface area (Å²) < 4.78 is 0. The highest BCUT2D eigenvalue weighted by Crippen LogP contribution is 2.15. The molecule has 0 aromatic heterocycles. The summed E-state index contributed by atoms with van der Waals surface area (Å²) in [5.74, 6) is 0. The van der Waals surface area contributed by atoms with Crippen LogP contribution in [-0.4, -0.2) is 32.2 Å². The van der Waals surface area contributed by atoms with Crippen LogP contribution in [0.5, 0.6) is 0 Å². The first-order valence-corrected chi connectivity index (χ1v) is 8.11. The fourth-order valence-electron chi connectivity index (χ4n) is 3.73. The zero-order valence-electron chi connectivity index (χ0n) is 11.6. The van der Waals surface area contributed by atoms with Crippen molar-refractivity contribution in [2.75, 3.05) is 26.2 Å². The molecule has 2 aliphatic rings. The van der Waals surface area contributed by atoms with E-state index >= 15 is 0 Å². The third-order valence-electron chi connectivity index (χ3n) is 4.90. The Morgan fingerprint density at radius 2 is 1.58 bits per heavy atom. The van der Waals surface area contributed by atoms with Gasteiger partial charge in [0, 0.05) is 10.6 Å². The number of rotatable bonds is 3. The van der Waals surface area contributed by atoms with Crippen molar-refractivity contribution in [3.05, 3.63) is 34.9 Å². The molecule has 2 nitrogen and oxygen atoms in total. The third-order valence-corrected chi connectivity index (χ3v) is 5.15. The highest BCUT2D eigenvalue weighted by Gasteiger charge is 2.31. The molecular formula is C16H25ClN2+2. The Kier molecular flexibility index (Phi) is 4.42. The summed E-state index contributed by atoms with van der Waals surface area (Å²) in [6.45, 7) is 6.55. The van der Waals surface area contributed by atoms with E-state index in [0.717, 1.165) is 17.6 Å². The van der Waals surface area contributed by atoms with Crippen LogP contribution in [0.4, 0.5) is 0 Å². The van der Waals surface area contributed by atoms with Gasteiger partial charge in [-0.1, -0.05) is 23.7 Å². The minimum atomic E-state index is 0.842. The molecule has 3 rings (SSSR count). The van der Waals surface area contributed by atoms with Gasteiger partial charge in [0.25, 0.3) is 0 Å². The van der Waals surface area contributed by atoms with Crippen LogP contribution < -0.4 is 9.80 Å². The summed E-state index contributed by atoms with van der Waals surface area (Å²) >= 11 is 5.94. The zero-order valence-corrected chi connectivity index (χ0v) is 12.4. The number of nitrogens with one attached hydrogen (secondary N) is 2. The SMILES string of the molecule is Clc1ccc(C[NH+]2CC[NH+](C3CCCC3)CC2)cc1. The van der Waals surface area contributed by atoms with E-state index in [9.17, 15) is 0 Å². The molecule has 3 heteroatoms.